The maximum atomic E-state index is 11.4. The number of carbonyl (C=O) groups excluding carboxylic acids is 1. The Hall–Kier alpha value is -2.14. The van der Waals surface area contributed by atoms with Gasteiger partial charge in [-0.25, -0.2) is 0 Å². The molecule has 0 amide bonds. The van der Waals surface area contributed by atoms with E-state index < -0.39 is 12.0 Å². The molecule has 3 N–H and O–H groups in total. The van der Waals surface area contributed by atoms with Gasteiger partial charge < -0.3 is 15.6 Å². The first-order chi connectivity index (χ1) is 8.52. The van der Waals surface area contributed by atoms with Crippen molar-refractivity contribution < 1.29 is 19.4 Å². The number of ether oxygens (including phenoxy) is 1. The highest BCUT2D eigenvalue weighted by Crippen LogP contribution is 2.12. The molecule has 18 heavy (non-hydrogen) atoms. The van der Waals surface area contributed by atoms with Gasteiger partial charge in [-0.2, -0.15) is 0 Å². The normalized spacial score (nSPS) is 12.3. The van der Waals surface area contributed by atoms with Gasteiger partial charge in [0.25, 0.3) is 0 Å². The third kappa shape index (κ3) is 4.39. The predicted octanol–water partition coefficient (Wildman–Crippen LogP) is 1.08. The van der Waals surface area contributed by atoms with E-state index in [0.29, 0.717) is 0 Å². The molecule has 5 heteroatoms. The second kappa shape index (κ2) is 6.56. The first-order valence-corrected chi connectivity index (χ1v) is 5.36. The Bertz CT molecular complexity index is 451. The van der Waals surface area contributed by atoms with Crippen LogP contribution in [0.2, 0.25) is 0 Å². The summed E-state index contributed by atoms with van der Waals surface area (Å²) >= 11 is 0. The van der Waals surface area contributed by atoms with Crippen molar-refractivity contribution in [1.29, 1.82) is 0 Å². The number of ketones is 1. The van der Waals surface area contributed by atoms with Crippen LogP contribution in [0.5, 0.6) is 5.75 Å². The highest BCUT2D eigenvalue weighted by Gasteiger charge is 2.14. The van der Waals surface area contributed by atoms with Gasteiger partial charge in [-0.15, -0.1) is 0 Å². The van der Waals surface area contributed by atoms with Crippen LogP contribution in [-0.2, 0) is 9.59 Å². The Labute approximate surface area is 105 Å². The first kappa shape index (κ1) is 13.9. The summed E-state index contributed by atoms with van der Waals surface area (Å²) in [6.45, 7) is 0. The minimum atomic E-state index is -1.18. The van der Waals surface area contributed by atoms with Crippen LogP contribution in [0.15, 0.2) is 30.3 Å². The third-order valence-electron chi connectivity index (χ3n) is 2.32. The number of benzene rings is 1. The van der Waals surface area contributed by atoms with Gasteiger partial charge in [0.15, 0.2) is 5.78 Å². The molecule has 0 aliphatic carbocycles. The Morgan fingerprint density at radius 1 is 1.39 bits per heavy atom. The lowest BCUT2D eigenvalue weighted by molar-refractivity contribution is -0.139. The van der Waals surface area contributed by atoms with E-state index in [1.807, 2.05) is 0 Å². The molecule has 0 radical (unpaired) electrons. The minimum Gasteiger partial charge on any atom is -0.497 e. The lowest BCUT2D eigenvalue weighted by Gasteiger charge is -2.02. The molecule has 1 atom stereocenters. The zero-order valence-electron chi connectivity index (χ0n) is 10.00. The Kier molecular flexibility index (Phi) is 5.07. The number of hydrogen-bond donors (Lipinski definition) is 2. The second-order valence-electron chi connectivity index (χ2n) is 3.72. The van der Waals surface area contributed by atoms with Gasteiger partial charge in [0, 0.05) is 6.42 Å². The molecule has 0 aromatic heterocycles. The maximum Gasteiger partial charge on any atom is 0.320 e. The summed E-state index contributed by atoms with van der Waals surface area (Å²) in [5.41, 5.74) is 6.08. The topological polar surface area (TPSA) is 89.6 Å². The molecule has 1 rings (SSSR count). The summed E-state index contributed by atoms with van der Waals surface area (Å²) in [5, 5.41) is 8.56. The summed E-state index contributed by atoms with van der Waals surface area (Å²) in [4.78, 5) is 21.9. The number of methoxy groups -OCH3 is 1. The van der Waals surface area contributed by atoms with Gasteiger partial charge in [0.05, 0.1) is 7.11 Å². The molecule has 5 nitrogen and oxygen atoms in total. The van der Waals surface area contributed by atoms with Crippen LogP contribution in [0.4, 0.5) is 0 Å². The van der Waals surface area contributed by atoms with Gasteiger partial charge >= 0.3 is 5.97 Å². The summed E-state index contributed by atoms with van der Waals surface area (Å²) in [5.74, 6) is -0.770. The predicted molar refractivity (Wildman–Crippen MR) is 67.3 cm³/mol. The zero-order chi connectivity index (χ0) is 13.5. The lowest BCUT2D eigenvalue weighted by Crippen LogP contribution is -2.32. The Morgan fingerprint density at radius 2 is 2.00 bits per heavy atom. The van der Waals surface area contributed by atoms with Gasteiger partial charge in [-0.3, -0.25) is 9.59 Å². The Morgan fingerprint density at radius 3 is 2.50 bits per heavy atom. The molecule has 96 valence electrons. The molecule has 0 spiro atoms. The molecule has 1 aromatic carbocycles. The summed E-state index contributed by atoms with van der Waals surface area (Å²) < 4.78 is 5.00. The summed E-state index contributed by atoms with van der Waals surface area (Å²) in [7, 11) is 1.57. The van der Waals surface area contributed by atoms with Crippen molar-refractivity contribution >= 4 is 17.8 Å². The first-order valence-electron chi connectivity index (χ1n) is 5.36. The van der Waals surface area contributed by atoms with Crippen molar-refractivity contribution in [2.75, 3.05) is 7.11 Å². The van der Waals surface area contributed by atoms with E-state index in [4.69, 9.17) is 15.6 Å². The number of carboxylic acid groups (broad SMARTS) is 1. The average Bonchev–Trinajstić information content (AvgIpc) is 2.36. The number of carboxylic acids is 1. The largest absolute Gasteiger partial charge is 0.497 e. The molecule has 0 saturated heterocycles. The van der Waals surface area contributed by atoms with Gasteiger partial charge in [-0.1, -0.05) is 18.2 Å². The average molecular weight is 249 g/mol. The standard InChI is InChI=1S/C13H15NO4/c1-18-11-6-3-9(4-7-11)2-5-10(15)8-12(14)13(16)17/h2-7,12H,8,14H2,1H3,(H,16,17)/t12-/m1/s1. The van der Waals surface area contributed by atoms with E-state index in [-0.39, 0.29) is 12.2 Å². The SMILES string of the molecule is COc1ccc(C=CC(=O)C[C@@H](N)C(=O)O)cc1. The fraction of sp³-hybridized carbons (Fsp3) is 0.231. The van der Waals surface area contributed by atoms with Crippen LogP contribution in [-0.4, -0.2) is 30.0 Å². The monoisotopic (exact) mass is 249 g/mol. The van der Waals surface area contributed by atoms with Gasteiger partial charge in [-0.05, 0) is 23.8 Å². The zero-order valence-corrected chi connectivity index (χ0v) is 10.00. The Balaban J connectivity index is 2.57. The van der Waals surface area contributed by atoms with E-state index in [1.165, 1.54) is 6.08 Å². The van der Waals surface area contributed by atoms with E-state index >= 15 is 0 Å². The van der Waals surface area contributed by atoms with E-state index in [9.17, 15) is 9.59 Å². The van der Waals surface area contributed by atoms with Crippen molar-refractivity contribution in [1.82, 2.24) is 0 Å². The van der Waals surface area contributed by atoms with E-state index in [1.54, 1.807) is 37.5 Å². The highest BCUT2D eigenvalue weighted by molar-refractivity contribution is 5.96. The van der Waals surface area contributed by atoms with E-state index in [0.717, 1.165) is 11.3 Å². The number of hydrogen-bond acceptors (Lipinski definition) is 4. The fourth-order valence-electron chi connectivity index (χ4n) is 1.28. The van der Waals surface area contributed by atoms with Gasteiger partial charge in [0.2, 0.25) is 0 Å². The van der Waals surface area contributed by atoms with Crippen molar-refractivity contribution in [2.45, 2.75) is 12.5 Å². The molecule has 0 unspecified atom stereocenters. The molecule has 0 aliphatic heterocycles. The fourth-order valence-corrected chi connectivity index (χ4v) is 1.28. The second-order valence-corrected chi connectivity index (χ2v) is 3.72. The van der Waals surface area contributed by atoms with Crippen LogP contribution < -0.4 is 10.5 Å². The van der Waals surface area contributed by atoms with Gasteiger partial charge in [0.1, 0.15) is 11.8 Å². The van der Waals surface area contributed by atoms with Crippen molar-refractivity contribution in [2.24, 2.45) is 5.73 Å². The number of carbonyl (C=O) groups is 2. The van der Waals surface area contributed by atoms with Crippen molar-refractivity contribution in [3.63, 3.8) is 0 Å². The van der Waals surface area contributed by atoms with Crippen LogP contribution in [0.25, 0.3) is 6.08 Å². The number of aliphatic carboxylic acids is 1. The third-order valence-corrected chi connectivity index (χ3v) is 2.32. The molecular formula is C13H15NO4. The highest BCUT2D eigenvalue weighted by atomic mass is 16.5. The molecule has 1 aromatic rings. The van der Waals surface area contributed by atoms with Crippen LogP contribution in [0, 0.1) is 0 Å². The molecule has 0 aliphatic rings. The lowest BCUT2D eigenvalue weighted by atomic mass is 10.1. The molecular weight excluding hydrogens is 234 g/mol. The molecule has 0 heterocycles. The summed E-state index contributed by atoms with van der Waals surface area (Å²) in [6, 6.07) is 5.97. The van der Waals surface area contributed by atoms with Crippen molar-refractivity contribution in [3.05, 3.63) is 35.9 Å². The molecule has 0 bridgehead atoms. The number of nitrogens with two attached hydrogens (primary N) is 1. The number of allylic oxidation sites excluding steroid dienone is 1. The number of rotatable bonds is 6. The van der Waals surface area contributed by atoms with Crippen molar-refractivity contribution in [3.8, 4) is 5.75 Å². The molecule has 0 fully saturated rings. The maximum absolute atomic E-state index is 11.4. The minimum absolute atomic E-state index is 0.206. The van der Waals surface area contributed by atoms with Crippen LogP contribution in [0.3, 0.4) is 0 Å². The quantitative estimate of drug-likeness (QED) is 0.736. The van der Waals surface area contributed by atoms with E-state index in [2.05, 4.69) is 0 Å². The summed E-state index contributed by atoms with van der Waals surface area (Å²) in [6.07, 6.45) is 2.73. The van der Waals surface area contributed by atoms with Crippen LogP contribution in [0.1, 0.15) is 12.0 Å². The van der Waals surface area contributed by atoms with Crippen LogP contribution >= 0.6 is 0 Å². The molecule has 0 saturated carbocycles. The smallest absolute Gasteiger partial charge is 0.320 e.